The van der Waals surface area contributed by atoms with Crippen LogP contribution in [0.15, 0.2) is 16.7 Å². The quantitative estimate of drug-likeness (QED) is 0.840. The second-order valence-corrected chi connectivity index (χ2v) is 5.92. The van der Waals surface area contributed by atoms with Crippen LogP contribution in [0.2, 0.25) is 0 Å². The Morgan fingerprint density at radius 2 is 2.16 bits per heavy atom. The van der Waals surface area contributed by atoms with E-state index in [-0.39, 0.29) is 11.3 Å². The number of hydrogen-bond acceptors (Lipinski definition) is 3. The minimum Gasteiger partial charge on any atom is -0.324 e. The van der Waals surface area contributed by atoms with Crippen LogP contribution in [0.4, 0.5) is 5.69 Å². The lowest BCUT2D eigenvalue weighted by Crippen LogP contribution is -2.44. The zero-order valence-electron chi connectivity index (χ0n) is 11.4. The van der Waals surface area contributed by atoms with Crippen molar-refractivity contribution in [1.82, 2.24) is 10.3 Å². The van der Waals surface area contributed by atoms with Crippen LogP contribution in [0.5, 0.6) is 0 Å². The normalized spacial score (nSPS) is 18.1. The smallest absolute Gasteiger partial charge is 0.230 e. The van der Waals surface area contributed by atoms with E-state index >= 15 is 0 Å². The first-order valence-electron chi connectivity index (χ1n) is 6.73. The summed E-state index contributed by atoms with van der Waals surface area (Å²) < 4.78 is 0.787. The van der Waals surface area contributed by atoms with Crippen molar-refractivity contribution in [2.24, 2.45) is 5.41 Å². The summed E-state index contributed by atoms with van der Waals surface area (Å²) in [6.45, 7) is 5.83. The maximum Gasteiger partial charge on any atom is 0.230 e. The van der Waals surface area contributed by atoms with Crippen molar-refractivity contribution in [3.8, 4) is 0 Å². The molecule has 4 nitrogen and oxygen atoms in total. The molecule has 0 aromatic carbocycles. The van der Waals surface area contributed by atoms with Crippen molar-refractivity contribution in [3.63, 3.8) is 0 Å². The van der Waals surface area contributed by atoms with Crippen molar-refractivity contribution < 1.29 is 4.79 Å². The summed E-state index contributed by atoms with van der Waals surface area (Å²) in [4.78, 5) is 16.9. The highest BCUT2D eigenvalue weighted by atomic mass is 79.9. The number of hydrogen-bond donors (Lipinski definition) is 2. The molecule has 104 valence electrons. The number of halogens is 1. The monoisotopic (exact) mass is 325 g/mol. The van der Waals surface area contributed by atoms with Crippen molar-refractivity contribution in [3.05, 3.63) is 22.4 Å². The van der Waals surface area contributed by atoms with Gasteiger partial charge in [-0.1, -0.05) is 6.92 Å². The van der Waals surface area contributed by atoms with Gasteiger partial charge in [0.1, 0.15) is 4.60 Å². The van der Waals surface area contributed by atoms with Gasteiger partial charge >= 0.3 is 0 Å². The van der Waals surface area contributed by atoms with Crippen LogP contribution in [0.3, 0.4) is 0 Å². The van der Waals surface area contributed by atoms with Gasteiger partial charge in [-0.3, -0.25) is 4.79 Å². The van der Waals surface area contributed by atoms with Crippen LogP contribution in [0.25, 0.3) is 0 Å². The van der Waals surface area contributed by atoms with Gasteiger partial charge in [0, 0.05) is 0 Å². The summed E-state index contributed by atoms with van der Waals surface area (Å²) in [5, 5.41) is 6.36. The first-order chi connectivity index (χ1) is 9.07. The van der Waals surface area contributed by atoms with E-state index < -0.39 is 0 Å². The molecule has 0 spiro atoms. The van der Waals surface area contributed by atoms with Gasteiger partial charge in [0.05, 0.1) is 16.8 Å². The van der Waals surface area contributed by atoms with Crippen LogP contribution >= 0.6 is 15.9 Å². The minimum absolute atomic E-state index is 0.128. The number of piperidine rings is 1. The first-order valence-corrected chi connectivity index (χ1v) is 7.52. The molecule has 1 aliphatic rings. The summed E-state index contributed by atoms with van der Waals surface area (Å²) in [5.41, 5.74) is 1.41. The van der Waals surface area contributed by atoms with Gasteiger partial charge in [0.15, 0.2) is 0 Å². The topological polar surface area (TPSA) is 54.0 Å². The van der Waals surface area contributed by atoms with E-state index in [0.29, 0.717) is 0 Å². The highest BCUT2D eigenvalue weighted by molar-refractivity contribution is 9.10. The largest absolute Gasteiger partial charge is 0.324 e. The highest BCUT2D eigenvalue weighted by Gasteiger charge is 2.37. The molecule has 0 unspecified atom stereocenters. The summed E-state index contributed by atoms with van der Waals surface area (Å²) >= 11 is 3.33. The molecule has 2 N–H and O–H groups in total. The highest BCUT2D eigenvalue weighted by Crippen LogP contribution is 2.34. The summed E-state index contributed by atoms with van der Waals surface area (Å²) in [6.07, 6.45) is 2.68. The Hall–Kier alpha value is -0.940. The Kier molecular flexibility index (Phi) is 4.58. The average molecular weight is 326 g/mol. The van der Waals surface area contributed by atoms with Gasteiger partial charge in [0.25, 0.3) is 0 Å². The summed E-state index contributed by atoms with van der Waals surface area (Å²) in [6, 6.07) is 3.75. The van der Waals surface area contributed by atoms with Crippen LogP contribution in [0, 0.1) is 12.3 Å². The van der Waals surface area contributed by atoms with Gasteiger partial charge in [-0.15, -0.1) is 0 Å². The van der Waals surface area contributed by atoms with Crippen LogP contribution < -0.4 is 10.6 Å². The van der Waals surface area contributed by atoms with Crippen LogP contribution in [0.1, 0.15) is 31.9 Å². The fourth-order valence-corrected chi connectivity index (χ4v) is 2.96. The van der Waals surface area contributed by atoms with E-state index in [1.54, 1.807) is 0 Å². The van der Waals surface area contributed by atoms with Crippen LogP contribution in [-0.2, 0) is 4.79 Å². The average Bonchev–Trinajstić information content (AvgIpc) is 2.42. The van der Waals surface area contributed by atoms with Gasteiger partial charge in [0.2, 0.25) is 5.91 Å². The molecule has 2 heterocycles. The number of nitrogens with one attached hydrogen (secondary N) is 2. The first kappa shape index (κ1) is 14.5. The lowest BCUT2D eigenvalue weighted by atomic mass is 9.76. The number of anilines is 1. The molecule has 1 aromatic heterocycles. The Bertz CT molecular complexity index is 470. The number of aryl methyl sites for hydroxylation is 1. The molecule has 0 aliphatic carbocycles. The predicted octanol–water partition coefficient (Wildman–Crippen LogP) is 2.87. The predicted molar refractivity (Wildman–Crippen MR) is 80.1 cm³/mol. The molecular weight excluding hydrogens is 306 g/mol. The number of aromatic nitrogens is 1. The van der Waals surface area contributed by atoms with Crippen molar-refractivity contribution in [2.45, 2.75) is 33.1 Å². The van der Waals surface area contributed by atoms with Crippen LogP contribution in [-0.4, -0.2) is 24.0 Å². The Morgan fingerprint density at radius 1 is 1.47 bits per heavy atom. The summed E-state index contributed by atoms with van der Waals surface area (Å²) in [7, 11) is 0. The molecule has 1 aliphatic heterocycles. The maximum absolute atomic E-state index is 12.6. The van der Waals surface area contributed by atoms with E-state index in [9.17, 15) is 4.79 Å². The second-order valence-electron chi connectivity index (χ2n) is 5.10. The number of carbonyl (C=O) groups excluding carboxylic acids is 1. The van der Waals surface area contributed by atoms with Crippen molar-refractivity contribution >= 4 is 27.5 Å². The number of carbonyl (C=O) groups is 1. The Morgan fingerprint density at radius 3 is 2.74 bits per heavy atom. The minimum atomic E-state index is -0.231. The zero-order chi connectivity index (χ0) is 13.9. The van der Waals surface area contributed by atoms with E-state index in [2.05, 4.69) is 38.5 Å². The van der Waals surface area contributed by atoms with Crippen molar-refractivity contribution in [1.29, 1.82) is 0 Å². The third-order valence-electron chi connectivity index (χ3n) is 4.02. The Labute approximate surface area is 122 Å². The molecule has 2 rings (SSSR count). The van der Waals surface area contributed by atoms with E-state index in [0.717, 1.165) is 48.3 Å². The summed E-state index contributed by atoms with van der Waals surface area (Å²) in [5.74, 6) is 0.128. The third kappa shape index (κ3) is 3.15. The molecule has 5 heteroatoms. The number of pyridine rings is 1. The second kappa shape index (κ2) is 6.01. The molecular formula is C14H20BrN3O. The molecule has 1 saturated heterocycles. The SMILES string of the molecule is CCC1(C(=O)Nc2ccc(Br)nc2C)CCNCC1. The molecule has 1 fully saturated rings. The number of nitrogens with zero attached hydrogens (tertiary/aromatic N) is 1. The molecule has 1 aromatic rings. The molecule has 0 atom stereocenters. The zero-order valence-corrected chi connectivity index (χ0v) is 13.0. The van der Waals surface area contributed by atoms with Crippen molar-refractivity contribution in [2.75, 3.05) is 18.4 Å². The fraction of sp³-hybridized carbons (Fsp3) is 0.571. The third-order valence-corrected chi connectivity index (χ3v) is 4.46. The van der Waals surface area contributed by atoms with E-state index in [4.69, 9.17) is 0 Å². The lowest BCUT2D eigenvalue weighted by Gasteiger charge is -2.35. The molecule has 0 bridgehead atoms. The molecule has 0 saturated carbocycles. The molecule has 19 heavy (non-hydrogen) atoms. The number of rotatable bonds is 3. The lowest BCUT2D eigenvalue weighted by molar-refractivity contribution is -0.127. The van der Waals surface area contributed by atoms with Gasteiger partial charge in [-0.25, -0.2) is 4.98 Å². The van der Waals surface area contributed by atoms with Gasteiger partial charge in [-0.05, 0) is 67.3 Å². The maximum atomic E-state index is 12.6. The molecule has 1 amide bonds. The Balaban J connectivity index is 2.15. The fourth-order valence-electron chi connectivity index (χ4n) is 2.56. The van der Waals surface area contributed by atoms with Gasteiger partial charge in [-0.2, -0.15) is 0 Å². The number of amides is 1. The standard InChI is InChI=1S/C14H20BrN3O/c1-3-14(6-8-16-9-7-14)13(19)18-11-4-5-12(15)17-10(11)2/h4-5,16H,3,6-9H2,1-2H3,(H,18,19). The molecule has 0 radical (unpaired) electrons. The van der Waals surface area contributed by atoms with E-state index in [1.807, 2.05) is 19.1 Å². The van der Waals surface area contributed by atoms with Gasteiger partial charge < -0.3 is 10.6 Å². The van der Waals surface area contributed by atoms with E-state index in [1.165, 1.54) is 0 Å².